The average Bonchev–Trinajstić information content (AvgIpc) is 3.25. The second-order valence-electron chi connectivity index (χ2n) is 5.89. The van der Waals surface area contributed by atoms with Gasteiger partial charge in [-0.3, -0.25) is 4.79 Å². The van der Waals surface area contributed by atoms with Crippen molar-refractivity contribution in [2.24, 2.45) is 0 Å². The number of anilines is 1. The van der Waals surface area contributed by atoms with Gasteiger partial charge in [-0.15, -0.1) is 10.2 Å². The lowest BCUT2D eigenvalue weighted by Crippen LogP contribution is -2.28. The zero-order chi connectivity index (χ0) is 19.4. The molecule has 0 radical (unpaired) electrons. The lowest BCUT2D eigenvalue weighted by molar-refractivity contribution is -0.116. The molecule has 0 spiro atoms. The van der Waals surface area contributed by atoms with Crippen molar-refractivity contribution in [2.45, 2.75) is 25.2 Å². The van der Waals surface area contributed by atoms with Crippen molar-refractivity contribution < 1.29 is 13.2 Å². The predicted molar refractivity (Wildman–Crippen MR) is 108 cm³/mol. The van der Waals surface area contributed by atoms with Crippen LogP contribution < -0.4 is 10.0 Å². The summed E-state index contributed by atoms with van der Waals surface area (Å²) in [6.07, 6.45) is -0.00248. The Labute approximate surface area is 165 Å². The Balaban J connectivity index is 1.53. The predicted octanol–water partition coefficient (Wildman–Crippen LogP) is 3.19. The number of thiophene rings is 1. The molecule has 0 unspecified atom stereocenters. The van der Waals surface area contributed by atoms with Crippen LogP contribution in [0.25, 0.3) is 10.6 Å². The van der Waals surface area contributed by atoms with Crippen molar-refractivity contribution in [1.29, 1.82) is 0 Å². The summed E-state index contributed by atoms with van der Waals surface area (Å²) in [5.74, 6) is -0.327. The number of aromatic nitrogens is 2. The quantitative estimate of drug-likeness (QED) is 0.609. The van der Waals surface area contributed by atoms with Crippen LogP contribution in [0, 0.1) is 13.8 Å². The van der Waals surface area contributed by atoms with Gasteiger partial charge in [-0.1, -0.05) is 29.0 Å². The Hall–Kier alpha value is -2.14. The van der Waals surface area contributed by atoms with E-state index in [1.807, 2.05) is 29.8 Å². The molecule has 2 N–H and O–H groups in total. The number of nitrogens with one attached hydrogen (secondary N) is 2. The number of benzene rings is 1. The number of hydrogen-bond acceptors (Lipinski definition) is 7. The summed E-state index contributed by atoms with van der Waals surface area (Å²) in [7, 11) is -3.66. The molecule has 27 heavy (non-hydrogen) atoms. The maximum absolute atomic E-state index is 12.4. The van der Waals surface area contributed by atoms with Crippen molar-refractivity contribution >= 4 is 43.7 Å². The van der Waals surface area contributed by atoms with E-state index in [9.17, 15) is 13.2 Å². The van der Waals surface area contributed by atoms with E-state index in [2.05, 4.69) is 20.2 Å². The Morgan fingerprint density at radius 2 is 2.00 bits per heavy atom. The first-order valence-corrected chi connectivity index (χ1v) is 11.3. The van der Waals surface area contributed by atoms with Crippen LogP contribution >= 0.6 is 22.7 Å². The van der Waals surface area contributed by atoms with Gasteiger partial charge >= 0.3 is 0 Å². The molecule has 0 atom stereocenters. The highest BCUT2D eigenvalue weighted by atomic mass is 32.2. The fourth-order valence-corrected chi connectivity index (χ4v) is 5.16. The molecule has 0 fully saturated rings. The normalized spacial score (nSPS) is 11.5. The smallest absolute Gasteiger partial charge is 0.240 e. The van der Waals surface area contributed by atoms with Crippen molar-refractivity contribution in [3.63, 3.8) is 0 Å². The van der Waals surface area contributed by atoms with E-state index in [1.54, 1.807) is 30.4 Å². The van der Waals surface area contributed by atoms with Crippen LogP contribution in [0.2, 0.25) is 0 Å². The summed E-state index contributed by atoms with van der Waals surface area (Å²) in [6.45, 7) is 3.64. The highest BCUT2D eigenvalue weighted by Gasteiger charge is 2.17. The molecule has 3 rings (SSSR count). The van der Waals surface area contributed by atoms with Crippen LogP contribution in [0.4, 0.5) is 5.13 Å². The number of carbonyl (C=O) groups is 1. The molecule has 2 heterocycles. The summed E-state index contributed by atoms with van der Waals surface area (Å²) >= 11 is 2.83. The Kier molecular flexibility index (Phi) is 6.00. The van der Waals surface area contributed by atoms with Gasteiger partial charge in [0.25, 0.3) is 0 Å². The molecular weight excluding hydrogens is 404 g/mol. The third-order valence-corrected chi connectivity index (χ3v) is 6.90. The highest BCUT2D eigenvalue weighted by Crippen LogP contribution is 2.27. The largest absolute Gasteiger partial charge is 0.300 e. The van der Waals surface area contributed by atoms with Gasteiger partial charge < -0.3 is 5.32 Å². The maximum atomic E-state index is 12.4. The molecule has 142 valence electrons. The van der Waals surface area contributed by atoms with Crippen molar-refractivity contribution in [3.05, 3.63) is 46.2 Å². The average molecular weight is 423 g/mol. The van der Waals surface area contributed by atoms with Crippen molar-refractivity contribution in [3.8, 4) is 10.6 Å². The van der Waals surface area contributed by atoms with Crippen LogP contribution in [0.15, 0.2) is 39.9 Å². The lowest BCUT2D eigenvalue weighted by Gasteiger charge is -2.09. The van der Waals surface area contributed by atoms with Gasteiger partial charge in [0.2, 0.25) is 21.1 Å². The molecule has 1 aromatic carbocycles. The number of amides is 1. The van der Waals surface area contributed by atoms with Gasteiger partial charge in [-0.25, -0.2) is 13.1 Å². The fraction of sp³-hybridized carbons (Fsp3) is 0.235. The molecule has 0 aliphatic carbocycles. The zero-order valence-corrected chi connectivity index (χ0v) is 17.2. The minimum absolute atomic E-state index is 0.00231. The van der Waals surface area contributed by atoms with E-state index in [0.29, 0.717) is 10.7 Å². The molecular formula is C17H18N4O3S3. The van der Waals surface area contributed by atoms with Gasteiger partial charge in [0.05, 0.1) is 4.90 Å². The van der Waals surface area contributed by atoms with Gasteiger partial charge in [0.1, 0.15) is 5.01 Å². The maximum Gasteiger partial charge on any atom is 0.240 e. The lowest BCUT2D eigenvalue weighted by atomic mass is 10.2. The first-order chi connectivity index (χ1) is 12.8. The number of aryl methyl sites for hydroxylation is 2. The summed E-state index contributed by atoms with van der Waals surface area (Å²) in [5, 5.41) is 15.6. The highest BCUT2D eigenvalue weighted by molar-refractivity contribution is 7.89. The van der Waals surface area contributed by atoms with E-state index in [-0.39, 0.29) is 23.8 Å². The number of sulfonamides is 1. The third-order valence-electron chi connectivity index (χ3n) is 3.70. The Morgan fingerprint density at radius 1 is 1.19 bits per heavy atom. The van der Waals surface area contributed by atoms with Crippen molar-refractivity contribution in [2.75, 3.05) is 11.9 Å². The minimum Gasteiger partial charge on any atom is -0.300 e. The van der Waals surface area contributed by atoms with Crippen LogP contribution in [-0.4, -0.2) is 31.1 Å². The molecule has 1 amide bonds. The first-order valence-electron chi connectivity index (χ1n) is 8.08. The van der Waals surface area contributed by atoms with Crippen LogP contribution in [-0.2, 0) is 14.8 Å². The third kappa shape index (κ3) is 4.98. The minimum atomic E-state index is -3.66. The Bertz CT molecular complexity index is 1040. The molecule has 0 aliphatic rings. The van der Waals surface area contributed by atoms with Crippen LogP contribution in [0.3, 0.4) is 0 Å². The Morgan fingerprint density at radius 3 is 2.70 bits per heavy atom. The van der Waals surface area contributed by atoms with E-state index in [4.69, 9.17) is 0 Å². The first kappa shape index (κ1) is 19.6. The zero-order valence-electron chi connectivity index (χ0n) is 14.7. The number of carbonyl (C=O) groups excluding carboxylic acids is 1. The van der Waals surface area contributed by atoms with Gasteiger partial charge in [-0.2, -0.15) is 11.3 Å². The second kappa shape index (κ2) is 8.26. The SMILES string of the molecule is Cc1ccc(S(=O)(=O)NCCC(=O)Nc2nnc(-c3ccsc3)s2)c(C)c1. The van der Waals surface area contributed by atoms with E-state index in [1.165, 1.54) is 11.3 Å². The summed E-state index contributed by atoms with van der Waals surface area (Å²) < 4.78 is 27.2. The van der Waals surface area contributed by atoms with Gasteiger partial charge in [-0.05, 0) is 36.9 Å². The summed E-state index contributed by atoms with van der Waals surface area (Å²) in [6, 6.07) is 7.05. The van der Waals surface area contributed by atoms with Gasteiger partial charge in [0.15, 0.2) is 0 Å². The van der Waals surface area contributed by atoms with E-state index >= 15 is 0 Å². The van der Waals surface area contributed by atoms with E-state index < -0.39 is 10.0 Å². The topological polar surface area (TPSA) is 101 Å². The molecule has 10 heteroatoms. The molecule has 0 saturated carbocycles. The van der Waals surface area contributed by atoms with E-state index in [0.717, 1.165) is 16.1 Å². The summed E-state index contributed by atoms with van der Waals surface area (Å²) in [5.41, 5.74) is 2.62. The second-order valence-corrected chi connectivity index (χ2v) is 9.38. The fourth-order valence-electron chi connectivity index (χ4n) is 2.44. The molecule has 7 nitrogen and oxygen atoms in total. The summed E-state index contributed by atoms with van der Waals surface area (Å²) in [4.78, 5) is 12.3. The number of hydrogen-bond donors (Lipinski definition) is 2. The standard InChI is InChI=1S/C17H18N4O3S3/c1-11-3-4-14(12(2)9-11)27(23,24)18-7-5-15(22)19-17-21-20-16(26-17)13-6-8-25-10-13/h3-4,6,8-10,18H,5,7H2,1-2H3,(H,19,21,22). The monoisotopic (exact) mass is 422 g/mol. The molecule has 0 bridgehead atoms. The van der Waals surface area contributed by atoms with Crippen LogP contribution in [0.1, 0.15) is 17.5 Å². The molecule has 0 saturated heterocycles. The molecule has 3 aromatic rings. The molecule has 2 aromatic heterocycles. The van der Waals surface area contributed by atoms with Gasteiger partial charge in [0, 0.05) is 23.9 Å². The van der Waals surface area contributed by atoms with Crippen molar-refractivity contribution in [1.82, 2.24) is 14.9 Å². The number of nitrogens with zero attached hydrogens (tertiary/aromatic N) is 2. The number of rotatable bonds is 7. The molecule has 0 aliphatic heterocycles. The van der Waals surface area contributed by atoms with Crippen LogP contribution in [0.5, 0.6) is 0 Å².